The fourth-order valence-corrected chi connectivity index (χ4v) is 15.0. The van der Waals surface area contributed by atoms with Crippen molar-refractivity contribution in [3.8, 4) is 33.4 Å². The molecule has 0 aliphatic heterocycles. The first-order valence-corrected chi connectivity index (χ1v) is 23.6. The number of rotatable bonds is 9. The molecule has 286 valence electrons. The molecule has 60 heavy (non-hydrogen) atoms. The third kappa shape index (κ3) is 6.29. The molecule has 0 aliphatic rings. The molecular weight excluding hydrogens is 767 g/mol. The van der Waals surface area contributed by atoms with Crippen molar-refractivity contribution in [3.63, 3.8) is 0 Å². The van der Waals surface area contributed by atoms with Gasteiger partial charge in [-0.3, -0.25) is 0 Å². The highest BCUT2D eigenvalue weighted by Gasteiger charge is 2.40. The van der Waals surface area contributed by atoms with Crippen LogP contribution in [0.2, 0.25) is 0 Å². The lowest BCUT2D eigenvalue weighted by molar-refractivity contribution is 0.591. The van der Waals surface area contributed by atoms with E-state index in [1.165, 1.54) is 0 Å². The van der Waals surface area contributed by atoms with Crippen molar-refractivity contribution in [3.05, 3.63) is 243 Å². The van der Waals surface area contributed by atoms with Crippen molar-refractivity contribution in [2.75, 3.05) is 0 Å². The summed E-state index contributed by atoms with van der Waals surface area (Å²) in [5.41, 5.74) is 5.45. The molecule has 0 aromatic heterocycles. The third-order valence-electron chi connectivity index (χ3n) is 11.6. The summed E-state index contributed by atoms with van der Waals surface area (Å²) in [5.74, 6) is 0. The minimum atomic E-state index is -3.73. The van der Waals surface area contributed by atoms with Crippen LogP contribution >= 0.6 is 14.3 Å². The summed E-state index contributed by atoms with van der Waals surface area (Å²) >= 11 is 0. The summed E-state index contributed by atoms with van der Waals surface area (Å²) < 4.78 is 34.5. The first-order valence-electron chi connectivity index (χ1n) is 20.2. The van der Waals surface area contributed by atoms with Crippen LogP contribution in [0.15, 0.2) is 243 Å². The van der Waals surface area contributed by atoms with Gasteiger partial charge in [-0.05, 0) is 55.9 Å². The molecule has 0 N–H and O–H groups in total. The van der Waals surface area contributed by atoms with Gasteiger partial charge in [-0.2, -0.15) is 0 Å². The molecule has 2 nitrogen and oxygen atoms in total. The Balaban J connectivity index is 1.39. The molecule has 4 heteroatoms. The molecule has 2 unspecified atom stereocenters. The second-order valence-electron chi connectivity index (χ2n) is 15.0. The lowest BCUT2D eigenvalue weighted by Gasteiger charge is -2.30. The van der Waals surface area contributed by atoms with E-state index >= 15 is 9.13 Å². The summed E-state index contributed by atoms with van der Waals surface area (Å²) in [6, 6.07) is 81.5. The molecule has 0 saturated carbocycles. The van der Waals surface area contributed by atoms with E-state index in [0.717, 1.165) is 76.1 Å². The second-order valence-corrected chi connectivity index (χ2v) is 20.4. The van der Waals surface area contributed by atoms with Gasteiger partial charge in [0.1, 0.15) is 0 Å². The van der Waals surface area contributed by atoms with Crippen molar-refractivity contribution >= 4 is 67.7 Å². The highest BCUT2D eigenvalue weighted by molar-refractivity contribution is 7.86. The molecule has 0 fully saturated rings. The topological polar surface area (TPSA) is 34.1 Å². The van der Waals surface area contributed by atoms with Crippen LogP contribution in [-0.2, 0) is 9.13 Å². The Kier molecular flexibility index (Phi) is 9.83. The van der Waals surface area contributed by atoms with Gasteiger partial charge < -0.3 is 9.13 Å². The Bertz CT molecular complexity index is 3030. The number of hydrogen-bond donors (Lipinski definition) is 0. The largest absolute Gasteiger partial charge is 0.309 e. The Morgan fingerprint density at radius 1 is 0.250 bits per heavy atom. The Hall–Kier alpha value is -6.82. The zero-order valence-corrected chi connectivity index (χ0v) is 34.6. The van der Waals surface area contributed by atoms with Gasteiger partial charge in [0.15, 0.2) is 14.3 Å². The van der Waals surface area contributed by atoms with Gasteiger partial charge in [-0.25, -0.2) is 0 Å². The van der Waals surface area contributed by atoms with Crippen molar-refractivity contribution in [2.24, 2.45) is 0 Å². The summed E-state index contributed by atoms with van der Waals surface area (Å²) in [6.45, 7) is 0. The molecule has 0 saturated heterocycles. The molecule has 2 atom stereocenters. The maximum Gasteiger partial charge on any atom is 0.172 e. The minimum Gasteiger partial charge on any atom is -0.309 e. The zero-order valence-electron chi connectivity index (χ0n) is 32.8. The van der Waals surface area contributed by atoms with Crippen molar-refractivity contribution in [1.82, 2.24) is 0 Å². The van der Waals surface area contributed by atoms with E-state index in [1.54, 1.807) is 0 Å². The average Bonchev–Trinajstić information content (AvgIpc) is 3.34. The summed E-state index contributed by atoms with van der Waals surface area (Å²) in [6.07, 6.45) is 0. The molecular formula is C56H40O2P2. The SMILES string of the molecule is O=P(c1ccccc1)(c1ccccc1-c1ccccc1)c1ccc2ccccc2c1-c1c(P(=O)(c2ccccc2)c2ccccc2-c2ccccc2)ccc2ccccc12. The quantitative estimate of drug-likeness (QED) is 0.136. The number of benzene rings is 10. The van der Waals surface area contributed by atoms with Crippen LogP contribution in [0.4, 0.5) is 0 Å². The molecule has 0 aliphatic carbocycles. The summed E-state index contributed by atoms with van der Waals surface area (Å²) in [5, 5.41) is 8.25. The maximum atomic E-state index is 17.3. The van der Waals surface area contributed by atoms with E-state index in [1.807, 2.05) is 158 Å². The normalized spacial score (nSPS) is 13.4. The predicted molar refractivity (Wildman–Crippen MR) is 257 cm³/mol. The lowest BCUT2D eigenvalue weighted by atomic mass is 9.93. The molecule has 0 radical (unpaired) electrons. The van der Waals surface area contributed by atoms with Crippen LogP contribution in [0.5, 0.6) is 0 Å². The van der Waals surface area contributed by atoms with E-state index < -0.39 is 14.3 Å². The first kappa shape index (κ1) is 37.5. The standard InChI is InChI=1S/C56H40O2P2/c57-59(45-27-9-3-10-28-45,51-35-19-17-31-47(51)41-21-5-1-6-22-41)53-39-37-43-25-13-15-33-49(43)55(53)56-50-34-16-14-26-44(50)38-40-54(56)60(58,46-29-11-4-12-30-46)52-36-20-18-32-48(52)42-23-7-2-8-24-42/h1-40H. The number of hydrogen-bond acceptors (Lipinski definition) is 2. The van der Waals surface area contributed by atoms with Crippen molar-refractivity contribution < 1.29 is 9.13 Å². The molecule has 0 heterocycles. The van der Waals surface area contributed by atoms with Gasteiger partial charge in [-0.15, -0.1) is 0 Å². The van der Waals surface area contributed by atoms with Gasteiger partial charge in [0.2, 0.25) is 0 Å². The number of fused-ring (bicyclic) bond motifs is 2. The molecule has 10 aromatic carbocycles. The monoisotopic (exact) mass is 806 g/mol. The van der Waals surface area contributed by atoms with E-state index in [2.05, 4.69) is 84.9 Å². The second kappa shape index (κ2) is 15.7. The summed E-state index contributed by atoms with van der Waals surface area (Å²) in [7, 11) is -7.46. The fourth-order valence-electron chi connectivity index (χ4n) is 8.88. The van der Waals surface area contributed by atoms with Gasteiger partial charge in [0.25, 0.3) is 0 Å². The van der Waals surface area contributed by atoms with Crippen LogP contribution in [-0.4, -0.2) is 0 Å². The molecule has 0 amide bonds. The van der Waals surface area contributed by atoms with Gasteiger partial charge >= 0.3 is 0 Å². The molecule has 0 spiro atoms. The van der Waals surface area contributed by atoms with Crippen LogP contribution in [0.3, 0.4) is 0 Å². The van der Waals surface area contributed by atoms with E-state index in [0.29, 0.717) is 10.6 Å². The highest BCUT2D eigenvalue weighted by Crippen LogP contribution is 2.53. The minimum absolute atomic E-state index is 0.698. The summed E-state index contributed by atoms with van der Waals surface area (Å²) in [4.78, 5) is 0. The Morgan fingerprint density at radius 3 is 0.967 bits per heavy atom. The highest BCUT2D eigenvalue weighted by atomic mass is 31.2. The van der Waals surface area contributed by atoms with E-state index in [-0.39, 0.29) is 0 Å². The molecule has 10 rings (SSSR count). The Labute approximate surface area is 351 Å². The van der Waals surface area contributed by atoms with E-state index in [9.17, 15) is 0 Å². The average molecular weight is 807 g/mol. The van der Waals surface area contributed by atoms with Crippen LogP contribution in [0, 0.1) is 0 Å². The zero-order chi connectivity index (χ0) is 40.5. The first-order chi connectivity index (χ1) is 29.6. The Morgan fingerprint density at radius 2 is 0.567 bits per heavy atom. The van der Waals surface area contributed by atoms with Crippen LogP contribution < -0.4 is 31.8 Å². The van der Waals surface area contributed by atoms with Gasteiger partial charge in [0.05, 0.1) is 0 Å². The smallest absolute Gasteiger partial charge is 0.172 e. The van der Waals surface area contributed by atoms with Crippen molar-refractivity contribution in [2.45, 2.75) is 0 Å². The van der Waals surface area contributed by atoms with Crippen molar-refractivity contribution in [1.29, 1.82) is 0 Å². The lowest BCUT2D eigenvalue weighted by Crippen LogP contribution is -2.31. The maximum absolute atomic E-state index is 17.3. The van der Waals surface area contributed by atoms with Gasteiger partial charge in [0, 0.05) is 43.0 Å². The van der Waals surface area contributed by atoms with Gasteiger partial charge in [-0.1, -0.05) is 231 Å². The molecule has 0 bridgehead atoms. The predicted octanol–water partition coefficient (Wildman–Crippen LogP) is 12.3. The van der Waals surface area contributed by atoms with Crippen LogP contribution in [0.1, 0.15) is 0 Å². The molecule has 10 aromatic rings. The third-order valence-corrected chi connectivity index (χ3v) is 17.9. The van der Waals surface area contributed by atoms with Crippen LogP contribution in [0.25, 0.3) is 54.9 Å². The fraction of sp³-hybridized carbons (Fsp3) is 0. The van der Waals surface area contributed by atoms with E-state index in [4.69, 9.17) is 0 Å².